The molecule has 2 aromatic carbocycles. The van der Waals surface area contributed by atoms with E-state index in [1.807, 2.05) is 59.5 Å². The highest BCUT2D eigenvalue weighted by Gasteiger charge is 2.19. The van der Waals surface area contributed by atoms with Crippen LogP contribution >= 0.6 is 11.6 Å². The quantitative estimate of drug-likeness (QED) is 0.783. The smallest absolute Gasteiger partial charge is 0.246 e. The van der Waals surface area contributed by atoms with Crippen LogP contribution in [0.5, 0.6) is 5.75 Å². The first-order valence-corrected chi connectivity index (χ1v) is 8.65. The van der Waals surface area contributed by atoms with Gasteiger partial charge in [0.15, 0.2) is 0 Å². The minimum atomic E-state index is 0.0431. The van der Waals surface area contributed by atoms with Gasteiger partial charge in [-0.15, -0.1) is 0 Å². The summed E-state index contributed by atoms with van der Waals surface area (Å²) in [4.78, 5) is 16.5. The van der Waals surface area contributed by atoms with E-state index in [0.29, 0.717) is 13.1 Å². The minimum absolute atomic E-state index is 0.0431. The van der Waals surface area contributed by atoms with Gasteiger partial charge in [0.05, 0.1) is 7.11 Å². The van der Waals surface area contributed by atoms with E-state index < -0.39 is 0 Å². The van der Waals surface area contributed by atoms with Crippen LogP contribution in [0.3, 0.4) is 0 Å². The number of piperazine rings is 1. The zero-order valence-corrected chi connectivity index (χ0v) is 14.9. The van der Waals surface area contributed by atoms with Gasteiger partial charge in [-0.25, -0.2) is 0 Å². The lowest BCUT2D eigenvalue weighted by Gasteiger charge is -2.35. The van der Waals surface area contributed by atoms with Crippen LogP contribution < -0.4 is 9.64 Å². The van der Waals surface area contributed by atoms with E-state index in [0.717, 1.165) is 35.1 Å². The maximum Gasteiger partial charge on any atom is 0.246 e. The van der Waals surface area contributed by atoms with Crippen LogP contribution in [0.4, 0.5) is 5.69 Å². The summed E-state index contributed by atoms with van der Waals surface area (Å²) in [7, 11) is 1.64. The topological polar surface area (TPSA) is 32.8 Å². The fourth-order valence-corrected chi connectivity index (χ4v) is 3.03. The summed E-state index contributed by atoms with van der Waals surface area (Å²) in [5, 5.41) is 0.735. The molecule has 0 aromatic heterocycles. The molecule has 5 heteroatoms. The third kappa shape index (κ3) is 4.54. The maximum absolute atomic E-state index is 12.4. The Hall–Kier alpha value is -2.46. The fraction of sp³-hybridized carbons (Fsp3) is 0.250. The summed E-state index contributed by atoms with van der Waals surface area (Å²) < 4.78 is 5.13. The molecule has 2 aromatic rings. The van der Waals surface area contributed by atoms with Crippen LogP contribution in [0.15, 0.2) is 54.6 Å². The average Bonchev–Trinajstić information content (AvgIpc) is 2.66. The Labute approximate surface area is 153 Å². The second-order valence-corrected chi connectivity index (χ2v) is 6.34. The van der Waals surface area contributed by atoms with Gasteiger partial charge < -0.3 is 14.5 Å². The van der Waals surface area contributed by atoms with E-state index in [1.165, 1.54) is 0 Å². The Morgan fingerprint density at radius 3 is 2.44 bits per heavy atom. The first kappa shape index (κ1) is 17.4. The highest BCUT2D eigenvalue weighted by molar-refractivity contribution is 6.30. The zero-order valence-electron chi connectivity index (χ0n) is 14.2. The van der Waals surface area contributed by atoms with Crippen molar-refractivity contribution in [1.82, 2.24) is 4.90 Å². The van der Waals surface area contributed by atoms with Crippen molar-refractivity contribution in [2.75, 3.05) is 38.2 Å². The molecule has 1 amide bonds. The molecule has 0 aliphatic carbocycles. The number of hydrogen-bond acceptors (Lipinski definition) is 3. The number of halogens is 1. The molecule has 1 heterocycles. The summed E-state index contributed by atoms with van der Waals surface area (Å²) in [5.41, 5.74) is 2.08. The number of rotatable bonds is 4. The van der Waals surface area contributed by atoms with Crippen molar-refractivity contribution >= 4 is 29.3 Å². The Bertz CT molecular complexity index is 751. The van der Waals surface area contributed by atoms with Crippen molar-refractivity contribution in [2.24, 2.45) is 0 Å². The van der Waals surface area contributed by atoms with E-state index in [1.54, 1.807) is 13.2 Å². The normalized spacial score (nSPS) is 14.8. The lowest BCUT2D eigenvalue weighted by Crippen LogP contribution is -2.48. The first-order chi connectivity index (χ1) is 12.2. The summed E-state index contributed by atoms with van der Waals surface area (Å²) in [6.45, 7) is 3.03. The molecule has 4 nitrogen and oxygen atoms in total. The first-order valence-electron chi connectivity index (χ1n) is 8.27. The number of benzene rings is 2. The monoisotopic (exact) mass is 356 g/mol. The molecular formula is C20H21ClN2O2. The predicted octanol–water partition coefficient (Wildman–Crippen LogP) is 3.71. The number of carbonyl (C=O) groups is 1. The highest BCUT2D eigenvalue weighted by Crippen LogP contribution is 2.21. The van der Waals surface area contributed by atoms with Crippen molar-refractivity contribution in [2.45, 2.75) is 0 Å². The number of methoxy groups -OCH3 is 1. The number of carbonyl (C=O) groups excluding carboxylic acids is 1. The third-order valence-electron chi connectivity index (χ3n) is 4.30. The second-order valence-electron chi connectivity index (χ2n) is 5.90. The molecule has 3 rings (SSSR count). The third-order valence-corrected chi connectivity index (χ3v) is 4.53. The van der Waals surface area contributed by atoms with Gasteiger partial charge in [-0.05, 0) is 42.0 Å². The number of hydrogen-bond donors (Lipinski definition) is 0. The molecule has 1 fully saturated rings. The van der Waals surface area contributed by atoms with Crippen LogP contribution in [0.2, 0.25) is 5.02 Å². The largest absolute Gasteiger partial charge is 0.497 e. The Balaban J connectivity index is 1.55. The maximum atomic E-state index is 12.4. The molecule has 1 aliphatic heterocycles. The molecular weight excluding hydrogens is 336 g/mol. The van der Waals surface area contributed by atoms with Gasteiger partial charge in [-0.1, -0.05) is 29.8 Å². The van der Waals surface area contributed by atoms with E-state index in [2.05, 4.69) is 4.90 Å². The lowest BCUT2D eigenvalue weighted by atomic mass is 10.2. The van der Waals surface area contributed by atoms with E-state index >= 15 is 0 Å². The molecule has 130 valence electrons. The standard InChI is InChI=1S/C20H21ClN2O2/c1-25-19-8-5-16(6-9-19)7-10-20(24)23-13-11-22(12-14-23)18-4-2-3-17(21)15-18/h2-10,15H,11-14H2,1H3. The summed E-state index contributed by atoms with van der Waals surface area (Å²) >= 11 is 6.05. The Morgan fingerprint density at radius 1 is 1.08 bits per heavy atom. The summed E-state index contributed by atoms with van der Waals surface area (Å²) in [6.07, 6.45) is 3.47. The molecule has 0 unspecified atom stereocenters. The number of ether oxygens (including phenoxy) is 1. The Morgan fingerprint density at radius 2 is 1.80 bits per heavy atom. The second kappa shape index (κ2) is 8.08. The summed E-state index contributed by atoms with van der Waals surface area (Å²) in [6, 6.07) is 15.5. The van der Waals surface area contributed by atoms with E-state index in [9.17, 15) is 4.79 Å². The van der Waals surface area contributed by atoms with Crippen molar-refractivity contribution in [3.8, 4) is 5.75 Å². The molecule has 0 radical (unpaired) electrons. The van der Waals surface area contributed by atoms with Gasteiger partial charge in [-0.3, -0.25) is 4.79 Å². The van der Waals surface area contributed by atoms with Gasteiger partial charge in [0, 0.05) is 43.0 Å². The molecule has 0 spiro atoms. The highest BCUT2D eigenvalue weighted by atomic mass is 35.5. The van der Waals surface area contributed by atoms with Gasteiger partial charge >= 0.3 is 0 Å². The van der Waals surface area contributed by atoms with Crippen molar-refractivity contribution < 1.29 is 9.53 Å². The van der Waals surface area contributed by atoms with Gasteiger partial charge in [0.1, 0.15) is 5.75 Å². The molecule has 0 N–H and O–H groups in total. The van der Waals surface area contributed by atoms with E-state index in [4.69, 9.17) is 16.3 Å². The van der Waals surface area contributed by atoms with Gasteiger partial charge in [0.25, 0.3) is 0 Å². The van der Waals surface area contributed by atoms with E-state index in [-0.39, 0.29) is 5.91 Å². The molecule has 0 saturated carbocycles. The molecule has 0 bridgehead atoms. The van der Waals surface area contributed by atoms with Crippen LogP contribution in [0, 0.1) is 0 Å². The van der Waals surface area contributed by atoms with Crippen molar-refractivity contribution in [1.29, 1.82) is 0 Å². The molecule has 1 saturated heterocycles. The van der Waals surface area contributed by atoms with Crippen molar-refractivity contribution in [3.05, 3.63) is 65.2 Å². The SMILES string of the molecule is COc1ccc(C=CC(=O)N2CCN(c3cccc(Cl)c3)CC2)cc1. The van der Waals surface area contributed by atoms with Crippen molar-refractivity contribution in [3.63, 3.8) is 0 Å². The number of anilines is 1. The predicted molar refractivity (Wildman–Crippen MR) is 102 cm³/mol. The van der Waals surface area contributed by atoms with Crippen LogP contribution in [0.25, 0.3) is 6.08 Å². The summed E-state index contributed by atoms with van der Waals surface area (Å²) in [5.74, 6) is 0.849. The van der Waals surface area contributed by atoms with Crippen LogP contribution in [-0.4, -0.2) is 44.1 Å². The zero-order chi connectivity index (χ0) is 17.6. The average molecular weight is 357 g/mol. The lowest BCUT2D eigenvalue weighted by molar-refractivity contribution is -0.126. The van der Waals surface area contributed by atoms with Crippen LogP contribution in [-0.2, 0) is 4.79 Å². The van der Waals surface area contributed by atoms with Gasteiger partial charge in [-0.2, -0.15) is 0 Å². The number of nitrogens with zero attached hydrogens (tertiary/aromatic N) is 2. The molecule has 1 aliphatic rings. The number of amides is 1. The minimum Gasteiger partial charge on any atom is -0.497 e. The Kier molecular flexibility index (Phi) is 5.61. The molecule has 0 atom stereocenters. The molecule has 25 heavy (non-hydrogen) atoms. The van der Waals surface area contributed by atoms with Crippen LogP contribution in [0.1, 0.15) is 5.56 Å². The fourth-order valence-electron chi connectivity index (χ4n) is 2.85. The van der Waals surface area contributed by atoms with Gasteiger partial charge in [0.2, 0.25) is 5.91 Å².